The summed E-state index contributed by atoms with van der Waals surface area (Å²) >= 11 is 0. The van der Waals surface area contributed by atoms with E-state index < -0.39 is 0 Å². The second-order valence-corrected chi connectivity index (χ2v) is 4.36. The van der Waals surface area contributed by atoms with E-state index >= 15 is 0 Å². The van der Waals surface area contributed by atoms with Crippen molar-refractivity contribution in [3.63, 3.8) is 0 Å². The van der Waals surface area contributed by atoms with Crippen molar-refractivity contribution in [2.75, 3.05) is 13.1 Å². The first-order valence-electron chi connectivity index (χ1n) is 6.84. The molecule has 0 spiro atoms. The molecule has 3 nitrogen and oxygen atoms in total. The number of rotatable bonds is 2. The van der Waals surface area contributed by atoms with Gasteiger partial charge in [0.05, 0.1) is 0 Å². The molecule has 1 heterocycles. The van der Waals surface area contributed by atoms with Gasteiger partial charge < -0.3 is 10.6 Å². The molecule has 0 saturated carbocycles. The van der Waals surface area contributed by atoms with E-state index in [0.29, 0.717) is 6.04 Å². The van der Waals surface area contributed by atoms with E-state index in [9.17, 15) is 4.79 Å². The highest BCUT2D eigenvalue weighted by Gasteiger charge is 2.15. The normalized spacial score (nSPS) is 15.5. The molecule has 1 aliphatic rings. The van der Waals surface area contributed by atoms with Crippen molar-refractivity contribution >= 4 is 5.91 Å². The Bertz CT molecular complexity index is 353. The molecule has 0 aliphatic carbocycles. The van der Waals surface area contributed by atoms with E-state index in [4.69, 9.17) is 0 Å². The molecule has 0 atom stereocenters. The van der Waals surface area contributed by atoms with Crippen LogP contribution in [0, 0.1) is 6.92 Å². The van der Waals surface area contributed by atoms with E-state index in [2.05, 4.69) is 10.6 Å². The van der Waals surface area contributed by atoms with Crippen molar-refractivity contribution < 1.29 is 4.79 Å². The van der Waals surface area contributed by atoms with Crippen molar-refractivity contribution in [2.45, 2.75) is 39.7 Å². The van der Waals surface area contributed by atoms with Gasteiger partial charge in [-0.25, -0.2) is 0 Å². The minimum absolute atomic E-state index is 0.0481. The van der Waals surface area contributed by atoms with Crippen LogP contribution in [0.15, 0.2) is 24.3 Å². The van der Waals surface area contributed by atoms with E-state index in [1.807, 2.05) is 45.0 Å². The first kappa shape index (κ1) is 14.7. The summed E-state index contributed by atoms with van der Waals surface area (Å²) in [4.78, 5) is 11.9. The predicted octanol–water partition coefficient (Wildman–Crippen LogP) is 2.50. The summed E-state index contributed by atoms with van der Waals surface area (Å²) in [5.74, 6) is 0.0481. The highest BCUT2D eigenvalue weighted by molar-refractivity contribution is 5.94. The Balaban J connectivity index is 0.000000771. The standard InChI is InChI=1S/C13H18N2O.C2H6/c1-10-2-4-11(5-3-10)13(16)15-12-6-8-14-9-7-12;1-2/h2-5,12,14H,6-9H2,1H3,(H,15,16);1-2H3. The Kier molecular flexibility index (Phi) is 6.44. The SMILES string of the molecule is CC.Cc1ccc(C(=O)NC2CCNCC2)cc1. The van der Waals surface area contributed by atoms with E-state index in [1.54, 1.807) is 0 Å². The van der Waals surface area contributed by atoms with Gasteiger partial charge in [0.1, 0.15) is 0 Å². The molecule has 1 aromatic carbocycles. The zero-order valence-corrected chi connectivity index (χ0v) is 11.6. The molecule has 1 fully saturated rings. The minimum atomic E-state index is 0.0481. The van der Waals surface area contributed by atoms with Gasteiger partial charge in [-0.15, -0.1) is 0 Å². The van der Waals surface area contributed by atoms with E-state index in [0.717, 1.165) is 31.5 Å². The van der Waals surface area contributed by atoms with Crippen LogP contribution in [0.2, 0.25) is 0 Å². The van der Waals surface area contributed by atoms with Gasteiger partial charge >= 0.3 is 0 Å². The maximum Gasteiger partial charge on any atom is 0.251 e. The van der Waals surface area contributed by atoms with Crippen LogP contribution in [-0.2, 0) is 0 Å². The topological polar surface area (TPSA) is 41.1 Å². The van der Waals surface area contributed by atoms with Crippen LogP contribution in [-0.4, -0.2) is 25.0 Å². The molecule has 2 N–H and O–H groups in total. The van der Waals surface area contributed by atoms with Crippen molar-refractivity contribution in [1.82, 2.24) is 10.6 Å². The largest absolute Gasteiger partial charge is 0.349 e. The Morgan fingerprint density at radius 3 is 2.28 bits per heavy atom. The van der Waals surface area contributed by atoms with Crippen molar-refractivity contribution in [3.8, 4) is 0 Å². The number of carbonyl (C=O) groups excluding carboxylic acids is 1. The monoisotopic (exact) mass is 248 g/mol. The fourth-order valence-corrected chi connectivity index (χ4v) is 1.94. The van der Waals surface area contributed by atoms with Crippen LogP contribution in [0.3, 0.4) is 0 Å². The van der Waals surface area contributed by atoms with Gasteiger partial charge in [0.25, 0.3) is 5.91 Å². The van der Waals surface area contributed by atoms with Crippen molar-refractivity contribution in [3.05, 3.63) is 35.4 Å². The third-order valence-corrected chi connectivity index (χ3v) is 2.99. The molecule has 1 amide bonds. The first-order valence-corrected chi connectivity index (χ1v) is 6.84. The lowest BCUT2D eigenvalue weighted by atomic mass is 10.1. The molecule has 18 heavy (non-hydrogen) atoms. The number of benzene rings is 1. The maximum atomic E-state index is 11.9. The molecule has 1 aliphatic heterocycles. The predicted molar refractivity (Wildman–Crippen MR) is 75.9 cm³/mol. The zero-order chi connectivity index (χ0) is 13.4. The second kappa shape index (κ2) is 7.88. The quantitative estimate of drug-likeness (QED) is 0.844. The van der Waals surface area contributed by atoms with Crippen LogP contribution in [0.1, 0.15) is 42.6 Å². The lowest BCUT2D eigenvalue weighted by Gasteiger charge is -2.23. The molecule has 100 valence electrons. The third kappa shape index (κ3) is 4.49. The van der Waals surface area contributed by atoms with Gasteiger partial charge in [-0.1, -0.05) is 31.5 Å². The lowest BCUT2D eigenvalue weighted by Crippen LogP contribution is -2.42. The number of piperidine rings is 1. The Labute approximate surface area is 110 Å². The van der Waals surface area contributed by atoms with Gasteiger partial charge in [-0.2, -0.15) is 0 Å². The summed E-state index contributed by atoms with van der Waals surface area (Å²) in [7, 11) is 0. The minimum Gasteiger partial charge on any atom is -0.349 e. The van der Waals surface area contributed by atoms with Crippen LogP contribution < -0.4 is 10.6 Å². The Hall–Kier alpha value is -1.35. The number of carbonyl (C=O) groups is 1. The first-order chi connectivity index (χ1) is 8.75. The number of hydrogen-bond donors (Lipinski definition) is 2. The second-order valence-electron chi connectivity index (χ2n) is 4.36. The highest BCUT2D eigenvalue weighted by atomic mass is 16.1. The molecule has 3 heteroatoms. The molecular weight excluding hydrogens is 224 g/mol. The smallest absolute Gasteiger partial charge is 0.251 e. The molecule has 1 saturated heterocycles. The van der Waals surface area contributed by atoms with E-state index in [-0.39, 0.29) is 5.91 Å². The average Bonchev–Trinajstić information content (AvgIpc) is 2.43. The van der Waals surface area contributed by atoms with Gasteiger partial charge in [-0.05, 0) is 45.0 Å². The summed E-state index contributed by atoms with van der Waals surface area (Å²) in [6.07, 6.45) is 2.05. The molecular formula is C15H24N2O. The molecule has 0 aromatic heterocycles. The van der Waals surface area contributed by atoms with Crippen LogP contribution >= 0.6 is 0 Å². The van der Waals surface area contributed by atoms with Gasteiger partial charge in [0, 0.05) is 11.6 Å². The third-order valence-electron chi connectivity index (χ3n) is 2.99. The van der Waals surface area contributed by atoms with E-state index in [1.165, 1.54) is 5.56 Å². The fraction of sp³-hybridized carbons (Fsp3) is 0.533. The van der Waals surface area contributed by atoms with Crippen LogP contribution in [0.25, 0.3) is 0 Å². The Morgan fingerprint density at radius 2 is 1.72 bits per heavy atom. The molecule has 0 unspecified atom stereocenters. The van der Waals surface area contributed by atoms with Crippen LogP contribution in [0.5, 0.6) is 0 Å². The number of nitrogens with one attached hydrogen (secondary N) is 2. The van der Waals surface area contributed by atoms with Crippen LogP contribution in [0.4, 0.5) is 0 Å². The molecule has 2 rings (SSSR count). The summed E-state index contributed by atoms with van der Waals surface area (Å²) in [5.41, 5.74) is 1.93. The fourth-order valence-electron chi connectivity index (χ4n) is 1.94. The zero-order valence-electron chi connectivity index (χ0n) is 11.6. The summed E-state index contributed by atoms with van der Waals surface area (Å²) < 4.78 is 0. The molecule has 0 bridgehead atoms. The summed E-state index contributed by atoms with van der Waals surface area (Å²) in [5, 5.41) is 6.36. The highest BCUT2D eigenvalue weighted by Crippen LogP contribution is 2.06. The Morgan fingerprint density at radius 1 is 1.17 bits per heavy atom. The number of amides is 1. The van der Waals surface area contributed by atoms with Gasteiger partial charge in [0.2, 0.25) is 0 Å². The lowest BCUT2D eigenvalue weighted by molar-refractivity contribution is 0.0929. The molecule has 1 aromatic rings. The number of aryl methyl sites for hydroxylation is 1. The number of hydrogen-bond acceptors (Lipinski definition) is 2. The van der Waals surface area contributed by atoms with Gasteiger partial charge in [0.15, 0.2) is 0 Å². The summed E-state index contributed by atoms with van der Waals surface area (Å²) in [6, 6.07) is 8.03. The molecule has 0 radical (unpaired) electrons. The summed E-state index contributed by atoms with van der Waals surface area (Å²) in [6.45, 7) is 8.02. The maximum absolute atomic E-state index is 11.9. The van der Waals surface area contributed by atoms with Gasteiger partial charge in [-0.3, -0.25) is 4.79 Å². The van der Waals surface area contributed by atoms with Crippen molar-refractivity contribution in [1.29, 1.82) is 0 Å². The average molecular weight is 248 g/mol. The van der Waals surface area contributed by atoms with Crippen molar-refractivity contribution in [2.24, 2.45) is 0 Å².